The van der Waals surface area contributed by atoms with Crippen LogP contribution in [0.15, 0.2) is 0 Å². The molecule has 0 bridgehead atoms. The van der Waals surface area contributed by atoms with Crippen LogP contribution >= 0.6 is 0 Å². The van der Waals surface area contributed by atoms with Gasteiger partial charge >= 0.3 is 0 Å². The average molecular weight is 227 g/mol. The zero-order valence-electron chi connectivity index (χ0n) is 12.7. The van der Waals surface area contributed by atoms with Crippen molar-refractivity contribution in [2.24, 2.45) is 28.4 Å². The first-order chi connectivity index (χ1) is 6.98. The number of nitrogens with two attached hydrogens (primary N) is 1. The van der Waals surface area contributed by atoms with Gasteiger partial charge in [0.25, 0.3) is 0 Å². The predicted octanol–water partition coefficient (Wildman–Crippen LogP) is 4.46. The van der Waals surface area contributed by atoms with Gasteiger partial charge in [0.1, 0.15) is 0 Å². The van der Waals surface area contributed by atoms with Crippen LogP contribution in [0.4, 0.5) is 0 Å². The van der Waals surface area contributed by atoms with Gasteiger partial charge in [-0.2, -0.15) is 0 Å². The van der Waals surface area contributed by atoms with E-state index in [9.17, 15) is 0 Å². The van der Waals surface area contributed by atoms with Gasteiger partial charge < -0.3 is 5.73 Å². The van der Waals surface area contributed by atoms with Crippen molar-refractivity contribution in [1.82, 2.24) is 0 Å². The lowest BCUT2D eigenvalue weighted by atomic mass is 9.68. The Morgan fingerprint density at radius 2 is 1.38 bits per heavy atom. The molecule has 0 aliphatic carbocycles. The largest absolute Gasteiger partial charge is 0.327 e. The van der Waals surface area contributed by atoms with E-state index in [-0.39, 0.29) is 16.9 Å². The second-order valence-electron chi connectivity index (χ2n) is 7.59. The van der Waals surface area contributed by atoms with Crippen LogP contribution in [-0.4, -0.2) is 6.04 Å². The van der Waals surface area contributed by atoms with E-state index in [0.717, 1.165) is 11.8 Å². The molecule has 0 saturated carbocycles. The molecule has 0 amide bonds. The highest BCUT2D eigenvalue weighted by Gasteiger charge is 2.34. The van der Waals surface area contributed by atoms with E-state index in [1.165, 1.54) is 12.8 Å². The molecule has 2 N–H and O–H groups in total. The van der Waals surface area contributed by atoms with Crippen molar-refractivity contribution in [2.75, 3.05) is 0 Å². The number of rotatable bonds is 5. The monoisotopic (exact) mass is 227 g/mol. The van der Waals surface area contributed by atoms with Crippen molar-refractivity contribution in [3.05, 3.63) is 0 Å². The maximum absolute atomic E-state index is 6.39. The first-order valence-electron chi connectivity index (χ1n) is 6.74. The molecule has 0 rings (SSSR count). The molecule has 1 nitrogen and oxygen atoms in total. The third-order valence-electron chi connectivity index (χ3n) is 4.16. The smallest absolute Gasteiger partial charge is 0.0139 e. The van der Waals surface area contributed by atoms with Gasteiger partial charge in [-0.15, -0.1) is 0 Å². The van der Waals surface area contributed by atoms with Gasteiger partial charge in [0.05, 0.1) is 0 Å². The van der Waals surface area contributed by atoms with Gasteiger partial charge in [-0.1, -0.05) is 55.4 Å². The van der Waals surface area contributed by atoms with Crippen molar-refractivity contribution in [3.63, 3.8) is 0 Å². The average Bonchev–Trinajstić information content (AvgIpc) is 2.11. The molecule has 0 fully saturated rings. The molecule has 2 unspecified atom stereocenters. The molecule has 0 spiro atoms. The molecule has 0 radical (unpaired) electrons. The Bertz CT molecular complexity index is 198. The lowest BCUT2D eigenvalue weighted by molar-refractivity contribution is 0.138. The van der Waals surface area contributed by atoms with Crippen LogP contribution in [0.2, 0.25) is 0 Å². The fraction of sp³-hybridized carbons (Fsp3) is 1.00. The van der Waals surface area contributed by atoms with Crippen molar-refractivity contribution in [3.8, 4) is 0 Å². The normalized spacial score (nSPS) is 17.6. The summed E-state index contributed by atoms with van der Waals surface area (Å²) in [5.74, 6) is 1.58. The third kappa shape index (κ3) is 4.86. The van der Waals surface area contributed by atoms with Crippen molar-refractivity contribution >= 4 is 0 Å². The van der Waals surface area contributed by atoms with Crippen LogP contribution in [-0.2, 0) is 0 Å². The SMILES string of the molecule is CC(C)C(C)CCC(C)(C)C(N)C(C)(C)C. The highest BCUT2D eigenvalue weighted by Crippen LogP contribution is 2.37. The van der Waals surface area contributed by atoms with Crippen molar-refractivity contribution in [1.29, 1.82) is 0 Å². The summed E-state index contributed by atoms with van der Waals surface area (Å²) in [6, 6.07) is 0.263. The Hall–Kier alpha value is -0.0400. The Kier molecular flexibility index (Phi) is 5.52. The Morgan fingerprint density at radius 1 is 0.938 bits per heavy atom. The van der Waals surface area contributed by atoms with E-state index in [1.54, 1.807) is 0 Å². The minimum absolute atomic E-state index is 0.199. The third-order valence-corrected chi connectivity index (χ3v) is 4.16. The minimum atomic E-state index is 0.199. The van der Waals surface area contributed by atoms with E-state index < -0.39 is 0 Å². The second-order valence-corrected chi connectivity index (χ2v) is 7.59. The molecule has 0 aromatic rings. The van der Waals surface area contributed by atoms with Crippen LogP contribution in [0.1, 0.15) is 68.2 Å². The van der Waals surface area contributed by atoms with E-state index in [2.05, 4.69) is 55.4 Å². The predicted molar refractivity (Wildman–Crippen MR) is 74.4 cm³/mol. The topological polar surface area (TPSA) is 26.0 Å². The molecular formula is C15H33N. The summed E-state index contributed by atoms with van der Waals surface area (Å²) in [5.41, 5.74) is 6.83. The van der Waals surface area contributed by atoms with Crippen molar-refractivity contribution in [2.45, 2.75) is 74.3 Å². The maximum atomic E-state index is 6.39. The molecule has 2 atom stereocenters. The molecule has 16 heavy (non-hydrogen) atoms. The molecule has 1 heteroatoms. The highest BCUT2D eigenvalue weighted by atomic mass is 14.7. The summed E-state index contributed by atoms with van der Waals surface area (Å²) in [7, 11) is 0. The summed E-state index contributed by atoms with van der Waals surface area (Å²) >= 11 is 0. The number of hydrogen-bond acceptors (Lipinski definition) is 1. The summed E-state index contributed by atoms with van der Waals surface area (Å²) in [6.45, 7) is 18.3. The molecular weight excluding hydrogens is 194 g/mol. The highest BCUT2D eigenvalue weighted by molar-refractivity contribution is 4.90. The quantitative estimate of drug-likeness (QED) is 0.737. The van der Waals surface area contributed by atoms with Gasteiger partial charge in [-0.25, -0.2) is 0 Å². The van der Waals surface area contributed by atoms with Gasteiger partial charge in [-0.05, 0) is 35.5 Å². The Balaban J connectivity index is 4.35. The fourth-order valence-electron chi connectivity index (χ4n) is 2.26. The van der Waals surface area contributed by atoms with Crippen LogP contribution in [0.3, 0.4) is 0 Å². The standard InChI is InChI=1S/C15H33N/c1-11(2)12(3)9-10-15(7,8)13(16)14(4,5)6/h11-13H,9-10,16H2,1-8H3. The maximum Gasteiger partial charge on any atom is 0.0139 e. The van der Waals surface area contributed by atoms with Gasteiger partial charge in [0, 0.05) is 6.04 Å². The van der Waals surface area contributed by atoms with Crippen LogP contribution in [0.25, 0.3) is 0 Å². The summed E-state index contributed by atoms with van der Waals surface area (Å²) in [5, 5.41) is 0. The molecule has 0 aromatic carbocycles. The van der Waals surface area contributed by atoms with Crippen molar-refractivity contribution < 1.29 is 0 Å². The first-order valence-corrected chi connectivity index (χ1v) is 6.74. The lowest BCUT2D eigenvalue weighted by Gasteiger charge is -2.41. The van der Waals surface area contributed by atoms with Gasteiger partial charge in [0.2, 0.25) is 0 Å². The van der Waals surface area contributed by atoms with Gasteiger partial charge in [0.15, 0.2) is 0 Å². The second kappa shape index (κ2) is 5.53. The molecule has 98 valence electrons. The van der Waals surface area contributed by atoms with E-state index in [0.29, 0.717) is 0 Å². The summed E-state index contributed by atoms with van der Waals surface area (Å²) in [4.78, 5) is 0. The summed E-state index contributed by atoms with van der Waals surface area (Å²) < 4.78 is 0. The molecule has 0 aromatic heterocycles. The molecule has 0 aliphatic rings. The number of hydrogen-bond donors (Lipinski definition) is 1. The zero-order chi connectivity index (χ0) is 13.1. The van der Waals surface area contributed by atoms with E-state index in [4.69, 9.17) is 5.73 Å². The van der Waals surface area contributed by atoms with Crippen LogP contribution in [0.5, 0.6) is 0 Å². The molecule has 0 aliphatic heterocycles. The summed E-state index contributed by atoms with van der Waals surface area (Å²) in [6.07, 6.45) is 2.51. The lowest BCUT2D eigenvalue weighted by Crippen LogP contribution is -2.47. The van der Waals surface area contributed by atoms with Crippen LogP contribution in [0, 0.1) is 22.7 Å². The fourth-order valence-corrected chi connectivity index (χ4v) is 2.26. The van der Waals surface area contributed by atoms with E-state index >= 15 is 0 Å². The minimum Gasteiger partial charge on any atom is -0.327 e. The van der Waals surface area contributed by atoms with Gasteiger partial charge in [-0.3, -0.25) is 0 Å². The Morgan fingerprint density at radius 3 is 1.69 bits per heavy atom. The first kappa shape index (κ1) is 16.0. The van der Waals surface area contributed by atoms with E-state index in [1.807, 2.05) is 0 Å². The van der Waals surface area contributed by atoms with Crippen LogP contribution < -0.4 is 5.73 Å². The molecule has 0 heterocycles. The molecule has 0 saturated heterocycles. The zero-order valence-corrected chi connectivity index (χ0v) is 12.7. The Labute approximate surface area is 103 Å².